The van der Waals surface area contributed by atoms with E-state index in [9.17, 15) is 19.8 Å². The van der Waals surface area contributed by atoms with Gasteiger partial charge in [-0.3, -0.25) is 4.79 Å². The van der Waals surface area contributed by atoms with E-state index in [-0.39, 0.29) is 31.8 Å². The molecule has 1 aliphatic carbocycles. The van der Waals surface area contributed by atoms with Crippen LogP contribution in [0.1, 0.15) is 54.0 Å². The van der Waals surface area contributed by atoms with Crippen molar-refractivity contribution in [3.8, 4) is 5.75 Å². The average Bonchev–Trinajstić information content (AvgIpc) is 2.96. The molecule has 1 heterocycles. The Labute approximate surface area is 232 Å². The van der Waals surface area contributed by atoms with Crippen LogP contribution in [0.15, 0.2) is 72.8 Å². The topological polar surface area (TPSA) is 96.3 Å². The lowest BCUT2D eigenvalue weighted by Crippen LogP contribution is -2.51. The fourth-order valence-electron chi connectivity index (χ4n) is 5.38. The zero-order chi connectivity index (χ0) is 27.4. The van der Waals surface area contributed by atoms with E-state index in [2.05, 4.69) is 0 Å². The Balaban J connectivity index is 1.43. The molecule has 2 aliphatic rings. The second kappa shape index (κ2) is 12.2. The van der Waals surface area contributed by atoms with Crippen LogP contribution in [-0.4, -0.2) is 45.2 Å². The lowest BCUT2D eigenvalue weighted by molar-refractivity contribution is -0.161. The maximum absolute atomic E-state index is 14.1. The minimum atomic E-state index is -1.11. The molecule has 2 N–H and O–H groups in total. The summed E-state index contributed by atoms with van der Waals surface area (Å²) in [5.74, 6) is -1.05. The Morgan fingerprint density at radius 3 is 2.28 bits per heavy atom. The number of aliphatic carboxylic acids is 1. The third kappa shape index (κ3) is 6.27. The van der Waals surface area contributed by atoms with Gasteiger partial charge in [0, 0.05) is 18.5 Å². The van der Waals surface area contributed by atoms with Crippen molar-refractivity contribution in [2.75, 3.05) is 0 Å². The van der Waals surface area contributed by atoms with Crippen LogP contribution in [0.25, 0.3) is 0 Å². The minimum Gasteiger partial charge on any atom is -0.487 e. The standard InChI is InChI=1S/C31H32ClNO6/c32-26-16-11-22-18-33(27(31(36)37)17-25(22)29(26)38-19-20-7-3-1-4-8-20)30(35)28(21-9-5-2-6-10-21)39-24-14-12-23(34)13-15-24/h1-11,16,23-24,27-28,34H,12-15,17-19H2,(H,36,37)/t23-,24+,27-,28-/m1/s1. The van der Waals surface area contributed by atoms with E-state index in [0.717, 1.165) is 11.1 Å². The summed E-state index contributed by atoms with van der Waals surface area (Å²) in [5, 5.41) is 20.5. The molecule has 39 heavy (non-hydrogen) atoms. The number of halogens is 1. The van der Waals surface area contributed by atoms with Gasteiger partial charge in [0.05, 0.1) is 17.2 Å². The highest BCUT2D eigenvalue weighted by Gasteiger charge is 2.40. The van der Waals surface area contributed by atoms with Gasteiger partial charge in [-0.15, -0.1) is 0 Å². The number of hydrogen-bond donors (Lipinski definition) is 2. The van der Waals surface area contributed by atoms with Crippen molar-refractivity contribution in [2.45, 2.75) is 69.6 Å². The molecular weight excluding hydrogens is 518 g/mol. The predicted octanol–water partition coefficient (Wildman–Crippen LogP) is 5.32. The highest BCUT2D eigenvalue weighted by Crippen LogP contribution is 2.39. The Hall–Kier alpha value is -3.39. The number of carbonyl (C=O) groups excluding carboxylic acids is 1. The second-order valence-electron chi connectivity index (χ2n) is 10.2. The maximum Gasteiger partial charge on any atom is 0.326 e. The first kappa shape index (κ1) is 27.2. The maximum atomic E-state index is 14.1. The molecule has 1 amide bonds. The average molecular weight is 550 g/mol. The number of amides is 1. The lowest BCUT2D eigenvalue weighted by Gasteiger charge is -2.38. The molecule has 1 fully saturated rings. The molecule has 8 heteroatoms. The molecule has 5 rings (SSSR count). The first-order valence-electron chi connectivity index (χ1n) is 13.3. The summed E-state index contributed by atoms with van der Waals surface area (Å²) in [4.78, 5) is 28.0. The molecule has 1 saturated carbocycles. The first-order valence-corrected chi connectivity index (χ1v) is 13.7. The molecule has 3 aromatic carbocycles. The van der Waals surface area contributed by atoms with Crippen LogP contribution in [-0.2, 0) is 33.9 Å². The Morgan fingerprint density at radius 1 is 0.949 bits per heavy atom. The third-order valence-corrected chi connectivity index (χ3v) is 7.81. The zero-order valence-electron chi connectivity index (χ0n) is 21.5. The number of fused-ring (bicyclic) bond motifs is 1. The van der Waals surface area contributed by atoms with Crippen molar-refractivity contribution < 1.29 is 29.3 Å². The molecule has 0 radical (unpaired) electrons. The fraction of sp³-hybridized carbons (Fsp3) is 0.355. The van der Waals surface area contributed by atoms with E-state index in [1.165, 1.54) is 4.90 Å². The van der Waals surface area contributed by atoms with Crippen LogP contribution in [0, 0.1) is 0 Å². The van der Waals surface area contributed by atoms with Crippen LogP contribution in [0.3, 0.4) is 0 Å². The smallest absolute Gasteiger partial charge is 0.326 e. The molecular formula is C31H32ClNO6. The van der Waals surface area contributed by atoms with E-state index >= 15 is 0 Å². The summed E-state index contributed by atoms with van der Waals surface area (Å²) in [6.07, 6.45) is 1.08. The van der Waals surface area contributed by atoms with E-state index in [4.69, 9.17) is 21.1 Å². The molecule has 3 aromatic rings. The molecule has 1 aliphatic heterocycles. The summed E-state index contributed by atoms with van der Waals surface area (Å²) in [7, 11) is 0. The summed E-state index contributed by atoms with van der Waals surface area (Å²) >= 11 is 6.51. The molecule has 0 aromatic heterocycles. The van der Waals surface area contributed by atoms with Gasteiger partial charge in [0.25, 0.3) is 5.91 Å². The molecule has 0 bridgehead atoms. The second-order valence-corrected chi connectivity index (χ2v) is 10.6. The number of aliphatic hydroxyl groups excluding tert-OH is 1. The van der Waals surface area contributed by atoms with E-state index in [0.29, 0.717) is 47.6 Å². The number of ether oxygens (including phenoxy) is 2. The van der Waals surface area contributed by atoms with Crippen molar-refractivity contribution in [1.29, 1.82) is 0 Å². The van der Waals surface area contributed by atoms with Crippen molar-refractivity contribution in [2.24, 2.45) is 0 Å². The molecule has 204 valence electrons. The third-order valence-electron chi connectivity index (χ3n) is 7.52. The van der Waals surface area contributed by atoms with Crippen molar-refractivity contribution >= 4 is 23.5 Å². The number of aliphatic hydroxyl groups is 1. The van der Waals surface area contributed by atoms with E-state index in [1.54, 1.807) is 6.07 Å². The van der Waals surface area contributed by atoms with Crippen molar-refractivity contribution in [3.05, 3.63) is 100 Å². The number of benzene rings is 3. The predicted molar refractivity (Wildman–Crippen MR) is 146 cm³/mol. The number of nitrogens with zero attached hydrogens (tertiary/aromatic N) is 1. The summed E-state index contributed by atoms with van der Waals surface area (Å²) in [5.41, 5.74) is 3.13. The normalized spacial score (nSPS) is 21.6. The quantitative estimate of drug-likeness (QED) is 0.395. The van der Waals surface area contributed by atoms with Crippen LogP contribution in [0.5, 0.6) is 5.75 Å². The van der Waals surface area contributed by atoms with Crippen LogP contribution in [0.2, 0.25) is 5.02 Å². The highest BCUT2D eigenvalue weighted by atomic mass is 35.5. The van der Waals surface area contributed by atoms with Gasteiger partial charge in [-0.25, -0.2) is 4.79 Å². The number of rotatable bonds is 8. The monoisotopic (exact) mass is 549 g/mol. The summed E-state index contributed by atoms with van der Waals surface area (Å²) in [6.45, 7) is 0.386. The number of carboxylic acid groups (broad SMARTS) is 1. The Bertz CT molecular complexity index is 1290. The van der Waals surface area contributed by atoms with Gasteiger partial charge in [0.15, 0.2) is 6.10 Å². The lowest BCUT2D eigenvalue weighted by atomic mass is 9.91. The Kier molecular flexibility index (Phi) is 8.50. The van der Waals surface area contributed by atoms with E-state index < -0.39 is 24.0 Å². The van der Waals surface area contributed by atoms with Crippen LogP contribution >= 0.6 is 11.6 Å². The molecule has 2 atom stereocenters. The largest absolute Gasteiger partial charge is 0.487 e. The van der Waals surface area contributed by atoms with Crippen LogP contribution < -0.4 is 4.74 Å². The van der Waals surface area contributed by atoms with Gasteiger partial charge >= 0.3 is 5.97 Å². The Morgan fingerprint density at radius 2 is 1.62 bits per heavy atom. The van der Waals surface area contributed by atoms with Crippen LogP contribution in [0.4, 0.5) is 0 Å². The van der Waals surface area contributed by atoms with Gasteiger partial charge in [-0.1, -0.05) is 78.3 Å². The number of carboxylic acids is 1. The van der Waals surface area contributed by atoms with Crippen molar-refractivity contribution in [3.63, 3.8) is 0 Å². The summed E-state index contributed by atoms with van der Waals surface area (Å²) in [6, 6.07) is 21.3. The highest BCUT2D eigenvalue weighted by molar-refractivity contribution is 6.32. The van der Waals surface area contributed by atoms with Gasteiger partial charge in [-0.05, 0) is 48.4 Å². The van der Waals surface area contributed by atoms with Crippen molar-refractivity contribution in [1.82, 2.24) is 4.90 Å². The summed E-state index contributed by atoms with van der Waals surface area (Å²) < 4.78 is 12.4. The SMILES string of the molecule is O=C(O)[C@H]1Cc2c(ccc(Cl)c2OCc2ccccc2)CN1C(=O)[C@H](O[C@H]1CC[C@@H](O)CC1)c1ccccc1. The van der Waals surface area contributed by atoms with Gasteiger partial charge in [0.2, 0.25) is 0 Å². The first-order chi connectivity index (χ1) is 18.9. The number of hydrogen-bond acceptors (Lipinski definition) is 5. The molecule has 0 unspecified atom stereocenters. The van der Waals surface area contributed by atoms with Gasteiger partial charge < -0.3 is 24.6 Å². The van der Waals surface area contributed by atoms with Gasteiger partial charge in [-0.2, -0.15) is 0 Å². The molecule has 0 spiro atoms. The fourth-order valence-corrected chi connectivity index (χ4v) is 5.61. The zero-order valence-corrected chi connectivity index (χ0v) is 22.3. The molecule has 7 nitrogen and oxygen atoms in total. The van der Waals surface area contributed by atoms with Gasteiger partial charge in [0.1, 0.15) is 18.4 Å². The molecule has 0 saturated heterocycles. The minimum absolute atomic E-state index is 0.0677. The number of carbonyl (C=O) groups is 2. The van der Waals surface area contributed by atoms with E-state index in [1.807, 2.05) is 66.7 Å².